The number of anilines is 1. The normalized spacial score (nSPS) is 14.0. The van der Waals surface area contributed by atoms with Gasteiger partial charge in [-0.1, -0.05) is 0 Å². The Kier molecular flexibility index (Phi) is 9.58. The number of aliphatic hydroxyl groups is 1. The summed E-state index contributed by atoms with van der Waals surface area (Å²) in [5.74, 6) is -0.616. The quantitative estimate of drug-likeness (QED) is 0.755. The molecule has 29 heavy (non-hydrogen) atoms. The number of hydrogen-bond donors (Lipinski definition) is 2. The number of aromatic carboxylic acids is 1. The van der Waals surface area contributed by atoms with E-state index in [4.69, 9.17) is 9.47 Å². The lowest BCUT2D eigenvalue weighted by Crippen LogP contribution is -2.50. The molecule has 1 amide bonds. The van der Waals surface area contributed by atoms with E-state index >= 15 is 0 Å². The Morgan fingerprint density at radius 2 is 1.69 bits per heavy atom. The van der Waals surface area contributed by atoms with Crippen molar-refractivity contribution in [2.75, 3.05) is 50.7 Å². The van der Waals surface area contributed by atoms with Crippen LogP contribution in [0.1, 0.15) is 36.7 Å². The van der Waals surface area contributed by atoms with Crippen LogP contribution in [0.4, 0.5) is 10.5 Å². The second-order valence-corrected chi connectivity index (χ2v) is 8.28. The van der Waals surface area contributed by atoms with Crippen LogP contribution in [-0.4, -0.2) is 78.6 Å². The molecule has 0 aliphatic carbocycles. The van der Waals surface area contributed by atoms with Crippen molar-refractivity contribution in [3.63, 3.8) is 0 Å². The van der Waals surface area contributed by atoms with E-state index in [0.29, 0.717) is 43.2 Å². The van der Waals surface area contributed by atoms with E-state index in [1.165, 1.54) is 13.2 Å². The molecule has 1 aromatic rings. The third-order valence-corrected chi connectivity index (χ3v) is 4.10. The van der Waals surface area contributed by atoms with Gasteiger partial charge in [-0.2, -0.15) is 11.8 Å². The number of aliphatic hydroxyl groups excluding tert-OH is 1. The number of hydrogen-bond acceptors (Lipinski definition) is 7. The number of rotatable bonds is 4. The fraction of sp³-hybridized carbons (Fsp3) is 0.600. The average molecular weight is 429 g/mol. The van der Waals surface area contributed by atoms with E-state index in [9.17, 15) is 19.8 Å². The van der Waals surface area contributed by atoms with E-state index in [-0.39, 0.29) is 11.7 Å². The molecule has 8 nitrogen and oxygen atoms in total. The first-order chi connectivity index (χ1) is 13.6. The number of ether oxygens (including phenoxy) is 2. The minimum absolute atomic E-state index is 0.0397. The Balaban J connectivity index is 0.00000132. The predicted octanol–water partition coefficient (Wildman–Crippen LogP) is 2.92. The smallest absolute Gasteiger partial charge is 0.410 e. The van der Waals surface area contributed by atoms with Crippen molar-refractivity contribution in [2.24, 2.45) is 0 Å². The van der Waals surface area contributed by atoms with E-state index in [0.717, 1.165) is 0 Å². The van der Waals surface area contributed by atoms with E-state index in [2.05, 4.69) is 0 Å². The molecule has 0 atom stereocenters. The molecule has 0 spiro atoms. The molecule has 1 fully saturated rings. The zero-order chi connectivity index (χ0) is 22.2. The van der Waals surface area contributed by atoms with E-state index in [1.807, 2.05) is 38.2 Å². The number of thioether (sulfide) groups is 1. The van der Waals surface area contributed by atoms with Gasteiger partial charge in [-0.25, -0.2) is 9.59 Å². The molecule has 0 saturated carbocycles. The Bertz CT molecular complexity index is 697. The van der Waals surface area contributed by atoms with Crippen molar-refractivity contribution in [1.29, 1.82) is 0 Å². The number of benzene rings is 1. The first kappa shape index (κ1) is 24.9. The van der Waals surface area contributed by atoms with Gasteiger partial charge in [0.1, 0.15) is 11.4 Å². The maximum atomic E-state index is 12.2. The Hall–Kier alpha value is -2.13. The molecule has 1 aromatic carbocycles. The molecule has 1 heterocycles. The summed E-state index contributed by atoms with van der Waals surface area (Å²) in [4.78, 5) is 27.2. The predicted molar refractivity (Wildman–Crippen MR) is 115 cm³/mol. The molecule has 2 rings (SSSR count). The monoisotopic (exact) mass is 428 g/mol. The van der Waals surface area contributed by atoms with Gasteiger partial charge in [-0.05, 0) is 45.4 Å². The lowest BCUT2D eigenvalue weighted by molar-refractivity contribution is 0.0240. The van der Waals surface area contributed by atoms with Crippen molar-refractivity contribution in [2.45, 2.75) is 33.0 Å². The molecule has 1 aliphatic rings. The molecular weight excluding hydrogens is 396 g/mol. The highest BCUT2D eigenvalue weighted by atomic mass is 32.2. The van der Waals surface area contributed by atoms with Gasteiger partial charge in [0.2, 0.25) is 0 Å². The first-order valence-corrected chi connectivity index (χ1v) is 10.9. The molecular formula is C20H32N2O6S. The van der Waals surface area contributed by atoms with Gasteiger partial charge in [0, 0.05) is 31.7 Å². The molecule has 0 unspecified atom stereocenters. The second kappa shape index (κ2) is 11.2. The minimum Gasteiger partial charge on any atom is -0.495 e. The van der Waals surface area contributed by atoms with Crippen LogP contribution in [0.5, 0.6) is 5.75 Å². The Labute approximate surface area is 176 Å². The van der Waals surface area contributed by atoms with Gasteiger partial charge >= 0.3 is 12.1 Å². The number of nitrogens with zero attached hydrogens (tertiary/aromatic N) is 2. The number of methoxy groups -OCH3 is 1. The van der Waals surface area contributed by atoms with E-state index in [1.54, 1.807) is 22.7 Å². The standard InChI is InChI=1S/C18H26N2O6.C2H6S/c1-18(2,3)26-17(24)20-9-7-19(8-10-20)15-13(11-21)12(16(22)23)5-6-14(15)25-4;1-3-2/h5-6,21H,7-11H2,1-4H3,(H,22,23);1-2H3. The van der Waals surface area contributed by atoms with Crippen LogP contribution < -0.4 is 9.64 Å². The minimum atomic E-state index is -1.11. The van der Waals surface area contributed by atoms with Crippen LogP contribution in [-0.2, 0) is 11.3 Å². The highest BCUT2D eigenvalue weighted by Gasteiger charge is 2.29. The van der Waals surface area contributed by atoms with Gasteiger partial charge in [0.25, 0.3) is 0 Å². The van der Waals surface area contributed by atoms with E-state index < -0.39 is 18.2 Å². The summed E-state index contributed by atoms with van der Waals surface area (Å²) in [5.41, 5.74) is 0.344. The molecule has 1 saturated heterocycles. The van der Waals surface area contributed by atoms with Crippen LogP contribution in [0.15, 0.2) is 12.1 Å². The number of carbonyl (C=O) groups excluding carboxylic acids is 1. The third kappa shape index (κ3) is 7.01. The summed E-state index contributed by atoms with van der Waals surface area (Å²) in [6.07, 6.45) is 3.71. The van der Waals surface area contributed by atoms with Crippen molar-refractivity contribution < 1.29 is 29.3 Å². The number of amides is 1. The molecule has 9 heteroatoms. The molecule has 0 radical (unpaired) electrons. The summed E-state index contributed by atoms with van der Waals surface area (Å²) in [7, 11) is 1.50. The fourth-order valence-electron chi connectivity index (χ4n) is 2.93. The maximum Gasteiger partial charge on any atom is 0.410 e. The zero-order valence-corrected chi connectivity index (χ0v) is 18.8. The summed E-state index contributed by atoms with van der Waals surface area (Å²) in [6.45, 7) is 6.85. The SMILES string of the molecule is COc1ccc(C(=O)O)c(CO)c1N1CCN(C(=O)OC(C)(C)C)CC1.CSC. The van der Waals surface area contributed by atoms with Gasteiger partial charge in [-0.15, -0.1) is 0 Å². The highest BCUT2D eigenvalue weighted by Crippen LogP contribution is 2.35. The van der Waals surface area contributed by atoms with Gasteiger partial charge in [0.15, 0.2) is 0 Å². The lowest BCUT2D eigenvalue weighted by atomic mass is 10.0. The largest absolute Gasteiger partial charge is 0.495 e. The second-order valence-electron chi connectivity index (χ2n) is 7.47. The highest BCUT2D eigenvalue weighted by molar-refractivity contribution is 7.97. The summed E-state index contributed by atoms with van der Waals surface area (Å²) >= 11 is 1.75. The van der Waals surface area contributed by atoms with Crippen molar-refractivity contribution in [3.8, 4) is 5.75 Å². The summed E-state index contributed by atoms with van der Waals surface area (Å²) in [5, 5.41) is 19.1. The lowest BCUT2D eigenvalue weighted by Gasteiger charge is -2.38. The molecule has 2 N–H and O–H groups in total. The fourth-order valence-corrected chi connectivity index (χ4v) is 2.93. The van der Waals surface area contributed by atoms with Crippen LogP contribution in [0.3, 0.4) is 0 Å². The van der Waals surface area contributed by atoms with Crippen molar-refractivity contribution in [1.82, 2.24) is 4.90 Å². The number of carboxylic acid groups (broad SMARTS) is 1. The topological polar surface area (TPSA) is 99.5 Å². The van der Waals surface area contributed by atoms with Gasteiger partial charge in [0.05, 0.1) is 25.0 Å². The van der Waals surface area contributed by atoms with Crippen LogP contribution in [0, 0.1) is 0 Å². The van der Waals surface area contributed by atoms with Crippen LogP contribution in [0.25, 0.3) is 0 Å². The molecule has 0 aromatic heterocycles. The summed E-state index contributed by atoms with van der Waals surface area (Å²) in [6, 6.07) is 3.01. The van der Waals surface area contributed by atoms with Gasteiger partial charge in [-0.3, -0.25) is 0 Å². The third-order valence-electron chi connectivity index (χ3n) is 4.10. The van der Waals surface area contributed by atoms with Crippen LogP contribution in [0.2, 0.25) is 0 Å². The van der Waals surface area contributed by atoms with Crippen molar-refractivity contribution in [3.05, 3.63) is 23.3 Å². The molecule has 1 aliphatic heterocycles. The van der Waals surface area contributed by atoms with Crippen molar-refractivity contribution >= 4 is 29.5 Å². The Morgan fingerprint density at radius 1 is 1.14 bits per heavy atom. The van der Waals surface area contributed by atoms with Crippen LogP contribution >= 0.6 is 11.8 Å². The molecule has 0 bridgehead atoms. The number of carboxylic acids is 1. The first-order valence-electron chi connectivity index (χ1n) is 9.26. The average Bonchev–Trinajstić information content (AvgIpc) is 2.66. The number of carbonyl (C=O) groups is 2. The van der Waals surface area contributed by atoms with Gasteiger partial charge < -0.3 is 29.5 Å². The Morgan fingerprint density at radius 3 is 2.10 bits per heavy atom. The zero-order valence-electron chi connectivity index (χ0n) is 18.0. The number of piperazine rings is 1. The molecule has 164 valence electrons. The maximum absolute atomic E-state index is 12.2. The summed E-state index contributed by atoms with van der Waals surface area (Å²) < 4.78 is 10.7.